The number of hydrogen-bond donors (Lipinski definition) is 1. The van der Waals surface area contributed by atoms with Gasteiger partial charge in [0.1, 0.15) is 5.75 Å². The highest BCUT2D eigenvalue weighted by atomic mass is 16.5. The third-order valence-electron chi connectivity index (χ3n) is 3.67. The molecule has 1 aromatic rings. The lowest BCUT2D eigenvalue weighted by Crippen LogP contribution is -2.27. The van der Waals surface area contributed by atoms with Gasteiger partial charge in [0.2, 0.25) is 0 Å². The molecular weight excluding hydrogens is 226 g/mol. The summed E-state index contributed by atoms with van der Waals surface area (Å²) in [4.78, 5) is 4.62. The van der Waals surface area contributed by atoms with Gasteiger partial charge in [-0.3, -0.25) is 0 Å². The van der Waals surface area contributed by atoms with Crippen LogP contribution in [0, 0.1) is 5.92 Å². The molecule has 2 rings (SSSR count). The monoisotopic (exact) mass is 249 g/mol. The Morgan fingerprint density at radius 3 is 2.89 bits per heavy atom. The molecule has 1 heterocycles. The topological polar surface area (TPSA) is 41.7 Å². The Bertz CT molecular complexity index is 408. The minimum Gasteiger partial charge on any atom is -0.497 e. The van der Waals surface area contributed by atoms with Crippen LogP contribution in [0.5, 0.6) is 5.75 Å². The zero-order chi connectivity index (χ0) is 13.1. The van der Waals surface area contributed by atoms with Crippen molar-refractivity contribution in [1.82, 2.24) is 4.90 Å². The Kier molecular flexibility index (Phi) is 3.97. The number of nitrogens with two attached hydrogens (primary N) is 1. The lowest BCUT2D eigenvalue weighted by atomic mass is 10.1. The van der Waals surface area contributed by atoms with E-state index in [1.807, 2.05) is 18.2 Å². The molecule has 1 fully saturated rings. The Labute approximate surface area is 109 Å². The fourth-order valence-electron chi connectivity index (χ4n) is 2.64. The second-order valence-electron chi connectivity index (χ2n) is 5.22. The third kappa shape index (κ3) is 2.88. The maximum Gasteiger partial charge on any atom is 0.121 e. The Morgan fingerprint density at radius 2 is 2.28 bits per heavy atom. The van der Waals surface area contributed by atoms with Crippen molar-refractivity contribution in [3.8, 4) is 5.75 Å². The fraction of sp³-hybridized carbons (Fsp3) is 0.571. The van der Waals surface area contributed by atoms with Crippen molar-refractivity contribution >= 4 is 11.4 Å². The molecule has 0 bridgehead atoms. The van der Waals surface area contributed by atoms with Crippen molar-refractivity contribution in [3.05, 3.63) is 18.2 Å². The summed E-state index contributed by atoms with van der Waals surface area (Å²) in [7, 11) is 5.96. The van der Waals surface area contributed by atoms with Crippen LogP contribution in [0.3, 0.4) is 0 Å². The largest absolute Gasteiger partial charge is 0.497 e. The maximum absolute atomic E-state index is 6.04. The summed E-state index contributed by atoms with van der Waals surface area (Å²) in [6.45, 7) is 3.42. The van der Waals surface area contributed by atoms with Crippen LogP contribution in [0.15, 0.2) is 18.2 Å². The molecule has 0 saturated carbocycles. The van der Waals surface area contributed by atoms with Gasteiger partial charge in [-0.2, -0.15) is 0 Å². The van der Waals surface area contributed by atoms with Gasteiger partial charge < -0.3 is 20.3 Å². The summed E-state index contributed by atoms with van der Waals surface area (Å²) in [5.74, 6) is 1.58. The molecule has 1 aromatic carbocycles. The SMILES string of the molecule is COc1ccc(N)c(N(C)CC2CCN(C)C2)c1. The molecule has 0 aliphatic carbocycles. The van der Waals surface area contributed by atoms with Crippen molar-refractivity contribution in [2.24, 2.45) is 5.92 Å². The van der Waals surface area contributed by atoms with E-state index in [9.17, 15) is 0 Å². The van der Waals surface area contributed by atoms with Crippen molar-refractivity contribution in [2.75, 3.05) is 51.5 Å². The molecule has 18 heavy (non-hydrogen) atoms. The molecule has 0 aromatic heterocycles. The van der Waals surface area contributed by atoms with Crippen LogP contribution in [0.2, 0.25) is 0 Å². The average molecular weight is 249 g/mol. The van der Waals surface area contributed by atoms with Gasteiger partial charge in [-0.1, -0.05) is 0 Å². The van der Waals surface area contributed by atoms with Gasteiger partial charge >= 0.3 is 0 Å². The molecule has 1 aliphatic heterocycles. The van der Waals surface area contributed by atoms with E-state index in [1.165, 1.54) is 19.5 Å². The molecule has 0 radical (unpaired) electrons. The smallest absolute Gasteiger partial charge is 0.121 e. The van der Waals surface area contributed by atoms with Crippen LogP contribution in [-0.4, -0.2) is 45.7 Å². The number of rotatable bonds is 4. The van der Waals surface area contributed by atoms with Gasteiger partial charge in [0.25, 0.3) is 0 Å². The molecule has 4 nitrogen and oxygen atoms in total. The number of nitrogens with zero attached hydrogens (tertiary/aromatic N) is 2. The highest BCUT2D eigenvalue weighted by Crippen LogP contribution is 2.28. The highest BCUT2D eigenvalue weighted by Gasteiger charge is 2.21. The van der Waals surface area contributed by atoms with Crippen LogP contribution in [0.4, 0.5) is 11.4 Å². The summed E-state index contributed by atoms with van der Waals surface area (Å²) in [6.07, 6.45) is 1.27. The second kappa shape index (κ2) is 5.48. The van der Waals surface area contributed by atoms with Crippen LogP contribution < -0.4 is 15.4 Å². The van der Waals surface area contributed by atoms with Crippen LogP contribution in [-0.2, 0) is 0 Å². The van der Waals surface area contributed by atoms with E-state index in [-0.39, 0.29) is 0 Å². The normalized spacial score (nSPS) is 20.1. The van der Waals surface area contributed by atoms with E-state index in [1.54, 1.807) is 7.11 Å². The minimum atomic E-state index is 0.727. The lowest BCUT2D eigenvalue weighted by molar-refractivity contribution is 0.395. The quantitative estimate of drug-likeness (QED) is 0.824. The number of nitrogen functional groups attached to an aromatic ring is 1. The first kappa shape index (κ1) is 13.0. The summed E-state index contributed by atoms with van der Waals surface area (Å²) >= 11 is 0. The van der Waals surface area contributed by atoms with Crippen molar-refractivity contribution in [2.45, 2.75) is 6.42 Å². The van der Waals surface area contributed by atoms with E-state index in [0.29, 0.717) is 0 Å². The molecule has 1 atom stereocenters. The third-order valence-corrected chi connectivity index (χ3v) is 3.67. The molecule has 0 amide bonds. The van der Waals surface area contributed by atoms with Gasteiger partial charge in [-0.25, -0.2) is 0 Å². The van der Waals surface area contributed by atoms with Crippen molar-refractivity contribution < 1.29 is 4.74 Å². The average Bonchev–Trinajstić information content (AvgIpc) is 2.75. The van der Waals surface area contributed by atoms with Gasteiger partial charge in [0, 0.05) is 26.2 Å². The van der Waals surface area contributed by atoms with E-state index >= 15 is 0 Å². The summed E-state index contributed by atoms with van der Waals surface area (Å²) in [5.41, 5.74) is 7.91. The zero-order valence-corrected chi connectivity index (χ0v) is 11.5. The Balaban J connectivity index is 2.05. The Hall–Kier alpha value is -1.42. The van der Waals surface area contributed by atoms with Crippen LogP contribution in [0.1, 0.15) is 6.42 Å². The fourth-order valence-corrected chi connectivity index (χ4v) is 2.64. The number of ether oxygens (including phenoxy) is 1. The molecule has 1 unspecified atom stereocenters. The molecule has 1 saturated heterocycles. The van der Waals surface area contributed by atoms with E-state index in [0.717, 1.165) is 29.6 Å². The predicted molar refractivity (Wildman–Crippen MR) is 76.3 cm³/mol. The Morgan fingerprint density at radius 1 is 1.50 bits per heavy atom. The number of hydrogen-bond acceptors (Lipinski definition) is 4. The summed E-state index contributed by atoms with van der Waals surface area (Å²) in [6, 6.07) is 5.81. The van der Waals surface area contributed by atoms with Crippen molar-refractivity contribution in [1.29, 1.82) is 0 Å². The van der Waals surface area contributed by atoms with Gasteiger partial charge in [-0.15, -0.1) is 0 Å². The highest BCUT2D eigenvalue weighted by molar-refractivity contribution is 5.69. The van der Waals surface area contributed by atoms with Gasteiger partial charge in [-0.05, 0) is 38.1 Å². The van der Waals surface area contributed by atoms with Gasteiger partial charge in [0.05, 0.1) is 18.5 Å². The summed E-state index contributed by atoms with van der Waals surface area (Å²) < 4.78 is 5.26. The number of likely N-dealkylation sites (tertiary alicyclic amines) is 1. The number of benzene rings is 1. The molecule has 100 valence electrons. The predicted octanol–water partition coefficient (Wildman–Crippen LogP) is 1.67. The van der Waals surface area contributed by atoms with E-state index in [4.69, 9.17) is 10.5 Å². The van der Waals surface area contributed by atoms with Crippen LogP contribution in [0.25, 0.3) is 0 Å². The number of anilines is 2. The van der Waals surface area contributed by atoms with Gasteiger partial charge in [0.15, 0.2) is 0 Å². The zero-order valence-electron chi connectivity index (χ0n) is 11.5. The van der Waals surface area contributed by atoms with Crippen molar-refractivity contribution in [3.63, 3.8) is 0 Å². The molecule has 4 heteroatoms. The van der Waals surface area contributed by atoms with E-state index in [2.05, 4.69) is 23.9 Å². The first-order valence-electron chi connectivity index (χ1n) is 6.43. The van der Waals surface area contributed by atoms with Crippen LogP contribution >= 0.6 is 0 Å². The minimum absolute atomic E-state index is 0.727. The second-order valence-corrected chi connectivity index (χ2v) is 5.22. The number of methoxy groups -OCH3 is 1. The first-order valence-corrected chi connectivity index (χ1v) is 6.43. The van der Waals surface area contributed by atoms with E-state index < -0.39 is 0 Å². The maximum atomic E-state index is 6.04. The molecule has 1 aliphatic rings. The standard InChI is InChI=1S/C14H23N3O/c1-16-7-6-11(9-16)10-17(2)14-8-12(18-3)4-5-13(14)15/h4-5,8,11H,6-7,9-10,15H2,1-3H3. The molecule has 0 spiro atoms. The molecule has 2 N–H and O–H groups in total. The first-order chi connectivity index (χ1) is 8.60. The lowest BCUT2D eigenvalue weighted by Gasteiger charge is -2.25. The molecular formula is C14H23N3O. The summed E-state index contributed by atoms with van der Waals surface area (Å²) in [5, 5.41) is 0.